The molecule has 5 atom stereocenters. The summed E-state index contributed by atoms with van der Waals surface area (Å²) < 4.78 is 13.1. The second-order valence-electron chi connectivity index (χ2n) is 7.93. The Morgan fingerprint density at radius 3 is 2.60 bits per heavy atom. The van der Waals surface area contributed by atoms with Gasteiger partial charge < -0.3 is 10.2 Å². The lowest BCUT2D eigenvalue weighted by atomic mass is 9.85. The molecule has 1 saturated carbocycles. The zero-order valence-corrected chi connectivity index (χ0v) is 15.6. The van der Waals surface area contributed by atoms with E-state index in [9.17, 15) is 9.18 Å². The average molecular weight is 367 g/mol. The zero-order chi connectivity index (χ0) is 16.7. The molecule has 2 heterocycles. The van der Waals surface area contributed by atoms with Crippen LogP contribution < -0.4 is 5.32 Å². The maximum Gasteiger partial charge on any atom is 0.239 e. The van der Waals surface area contributed by atoms with Crippen molar-refractivity contribution in [2.75, 3.05) is 6.54 Å². The first-order valence-corrected chi connectivity index (χ1v) is 9.44. The highest BCUT2D eigenvalue weighted by atomic mass is 35.5. The van der Waals surface area contributed by atoms with Crippen molar-refractivity contribution in [1.29, 1.82) is 0 Å². The van der Waals surface area contributed by atoms with Gasteiger partial charge in [-0.05, 0) is 56.2 Å². The first kappa shape index (κ1) is 18.7. The maximum absolute atomic E-state index is 13.1. The molecule has 1 aromatic carbocycles. The average Bonchev–Trinajstić information content (AvgIpc) is 3.18. The van der Waals surface area contributed by atoms with Crippen LogP contribution in [0.1, 0.15) is 56.9 Å². The van der Waals surface area contributed by atoms with Crippen molar-refractivity contribution in [3.8, 4) is 0 Å². The van der Waals surface area contributed by atoms with Gasteiger partial charge in [0, 0.05) is 24.5 Å². The molecule has 3 fully saturated rings. The van der Waals surface area contributed by atoms with Gasteiger partial charge in [0.1, 0.15) is 5.82 Å². The summed E-state index contributed by atoms with van der Waals surface area (Å²) in [7, 11) is 0. The Morgan fingerprint density at radius 2 is 1.88 bits per heavy atom. The van der Waals surface area contributed by atoms with Crippen molar-refractivity contribution in [3.63, 3.8) is 0 Å². The number of carbonyl (C=O) groups excluding carboxylic acids is 1. The van der Waals surface area contributed by atoms with E-state index in [-0.39, 0.29) is 36.2 Å². The molecule has 0 bridgehead atoms. The molecular weight excluding hydrogens is 339 g/mol. The van der Waals surface area contributed by atoms with Gasteiger partial charge >= 0.3 is 0 Å². The number of halogens is 2. The van der Waals surface area contributed by atoms with Crippen LogP contribution in [0.2, 0.25) is 0 Å². The van der Waals surface area contributed by atoms with E-state index in [1.165, 1.54) is 37.8 Å². The second kappa shape index (κ2) is 7.63. The smallest absolute Gasteiger partial charge is 0.239 e. The molecule has 0 aromatic heterocycles. The summed E-state index contributed by atoms with van der Waals surface area (Å²) in [6, 6.07) is 7.59. The number of carbonyl (C=O) groups is 1. The molecule has 1 N–H and O–H groups in total. The molecule has 25 heavy (non-hydrogen) atoms. The lowest BCUT2D eigenvalue weighted by Crippen LogP contribution is -2.46. The van der Waals surface area contributed by atoms with Crippen molar-refractivity contribution in [3.05, 3.63) is 35.6 Å². The highest BCUT2D eigenvalue weighted by Gasteiger charge is 2.42. The maximum atomic E-state index is 13.1. The normalized spacial score (nSPS) is 34.5. The molecule has 2 saturated heterocycles. The first-order valence-electron chi connectivity index (χ1n) is 9.44. The molecule has 138 valence electrons. The van der Waals surface area contributed by atoms with Crippen LogP contribution in [0.5, 0.6) is 0 Å². The van der Waals surface area contributed by atoms with Gasteiger partial charge in [-0.1, -0.05) is 25.0 Å². The lowest BCUT2D eigenvalue weighted by Gasteiger charge is -2.26. The Balaban J connectivity index is 0.00000182. The quantitative estimate of drug-likeness (QED) is 0.861. The third kappa shape index (κ3) is 3.70. The predicted octanol–water partition coefficient (Wildman–Crippen LogP) is 3.87. The minimum atomic E-state index is -0.199. The minimum Gasteiger partial charge on any atom is -0.338 e. The summed E-state index contributed by atoms with van der Waals surface area (Å²) in [5.41, 5.74) is 1.15. The molecule has 0 spiro atoms. The third-order valence-corrected chi connectivity index (χ3v) is 6.36. The standard InChI is InChI=1S/C20H27FN2O.ClH/c1-13-10-16(14-6-8-17(21)9-7-14)12-23(13)20(24)19-11-15-4-2-3-5-18(15)22-19;/h6-9,13,15-16,18-19,22H,2-5,10-12H2,1H3;1H. The molecular formula is C20H28ClFN2O. The summed E-state index contributed by atoms with van der Waals surface area (Å²) in [5.74, 6) is 1.10. The molecule has 5 heteroatoms. The number of hydrogen-bond acceptors (Lipinski definition) is 2. The van der Waals surface area contributed by atoms with Crippen molar-refractivity contribution in [2.24, 2.45) is 5.92 Å². The second-order valence-corrected chi connectivity index (χ2v) is 7.93. The summed E-state index contributed by atoms with van der Waals surface area (Å²) in [6.45, 7) is 2.91. The molecule has 3 nitrogen and oxygen atoms in total. The van der Waals surface area contributed by atoms with Gasteiger partial charge in [0.2, 0.25) is 5.91 Å². The topological polar surface area (TPSA) is 32.3 Å². The van der Waals surface area contributed by atoms with Crippen molar-refractivity contribution < 1.29 is 9.18 Å². The lowest BCUT2D eigenvalue weighted by molar-refractivity contribution is -0.133. The van der Waals surface area contributed by atoms with Crippen LogP contribution >= 0.6 is 12.4 Å². The van der Waals surface area contributed by atoms with Crippen LogP contribution in [0.15, 0.2) is 24.3 Å². The molecule has 5 unspecified atom stereocenters. The molecule has 1 aromatic rings. The monoisotopic (exact) mass is 366 g/mol. The van der Waals surface area contributed by atoms with E-state index < -0.39 is 0 Å². The van der Waals surface area contributed by atoms with Crippen LogP contribution in [0.25, 0.3) is 0 Å². The molecule has 4 rings (SSSR count). The van der Waals surface area contributed by atoms with Gasteiger partial charge in [-0.15, -0.1) is 12.4 Å². The number of fused-ring (bicyclic) bond motifs is 1. The van der Waals surface area contributed by atoms with E-state index in [0.717, 1.165) is 24.9 Å². The molecule has 3 aliphatic rings. The van der Waals surface area contributed by atoms with Crippen LogP contribution in [-0.2, 0) is 4.79 Å². The van der Waals surface area contributed by atoms with Crippen LogP contribution in [0.4, 0.5) is 4.39 Å². The molecule has 1 aliphatic carbocycles. The van der Waals surface area contributed by atoms with Gasteiger partial charge in [0.15, 0.2) is 0 Å². The van der Waals surface area contributed by atoms with E-state index in [4.69, 9.17) is 0 Å². The summed E-state index contributed by atoms with van der Waals surface area (Å²) in [5, 5.41) is 3.61. The SMILES string of the molecule is CC1CC(c2ccc(F)cc2)CN1C(=O)C1CC2CCCCC2N1.Cl. The Hall–Kier alpha value is -1.13. The minimum absolute atomic E-state index is 0. The molecule has 2 aliphatic heterocycles. The number of hydrogen-bond donors (Lipinski definition) is 1. The van der Waals surface area contributed by atoms with Gasteiger partial charge in [0.25, 0.3) is 0 Å². The van der Waals surface area contributed by atoms with Gasteiger partial charge in [-0.25, -0.2) is 4.39 Å². The van der Waals surface area contributed by atoms with E-state index in [1.807, 2.05) is 12.1 Å². The van der Waals surface area contributed by atoms with Crippen LogP contribution in [0.3, 0.4) is 0 Å². The molecule has 1 amide bonds. The fourth-order valence-electron chi connectivity index (χ4n) is 5.03. The number of nitrogens with zero attached hydrogens (tertiary/aromatic N) is 1. The van der Waals surface area contributed by atoms with Crippen molar-refractivity contribution in [2.45, 2.75) is 69.5 Å². The largest absolute Gasteiger partial charge is 0.338 e. The summed E-state index contributed by atoms with van der Waals surface area (Å²) in [6.07, 6.45) is 7.08. The highest BCUT2D eigenvalue weighted by Crippen LogP contribution is 2.36. The van der Waals surface area contributed by atoms with Gasteiger partial charge in [-0.2, -0.15) is 0 Å². The third-order valence-electron chi connectivity index (χ3n) is 6.36. The Kier molecular flexibility index (Phi) is 5.69. The van der Waals surface area contributed by atoms with Crippen LogP contribution in [-0.4, -0.2) is 35.5 Å². The van der Waals surface area contributed by atoms with Crippen LogP contribution in [0, 0.1) is 11.7 Å². The Morgan fingerprint density at radius 1 is 1.16 bits per heavy atom. The summed E-state index contributed by atoms with van der Waals surface area (Å²) in [4.78, 5) is 15.1. The number of amides is 1. The first-order chi connectivity index (χ1) is 11.6. The van der Waals surface area contributed by atoms with E-state index in [2.05, 4.69) is 17.1 Å². The van der Waals surface area contributed by atoms with E-state index in [0.29, 0.717) is 17.9 Å². The summed E-state index contributed by atoms with van der Waals surface area (Å²) >= 11 is 0. The number of rotatable bonds is 2. The van der Waals surface area contributed by atoms with Gasteiger partial charge in [0.05, 0.1) is 6.04 Å². The van der Waals surface area contributed by atoms with E-state index >= 15 is 0 Å². The Labute approximate surface area is 155 Å². The fourth-order valence-corrected chi connectivity index (χ4v) is 5.03. The predicted molar refractivity (Wildman–Crippen MR) is 99.5 cm³/mol. The van der Waals surface area contributed by atoms with E-state index in [1.54, 1.807) is 0 Å². The van der Waals surface area contributed by atoms with Gasteiger partial charge in [-0.3, -0.25) is 4.79 Å². The molecule has 0 radical (unpaired) electrons. The zero-order valence-electron chi connectivity index (χ0n) is 14.8. The fraction of sp³-hybridized carbons (Fsp3) is 0.650. The highest BCUT2D eigenvalue weighted by molar-refractivity contribution is 5.85. The van der Waals surface area contributed by atoms with Crippen molar-refractivity contribution in [1.82, 2.24) is 10.2 Å². The van der Waals surface area contributed by atoms with Crippen molar-refractivity contribution >= 4 is 18.3 Å². The number of benzene rings is 1. The Bertz CT molecular complexity index is 594. The number of likely N-dealkylation sites (tertiary alicyclic amines) is 1. The number of nitrogens with one attached hydrogen (secondary N) is 1.